The summed E-state index contributed by atoms with van der Waals surface area (Å²) >= 11 is 4.98. The van der Waals surface area contributed by atoms with Crippen LogP contribution in [0.2, 0.25) is 0 Å². The van der Waals surface area contributed by atoms with Gasteiger partial charge in [-0.1, -0.05) is 0 Å². The molecule has 0 aromatic carbocycles. The van der Waals surface area contributed by atoms with Crippen molar-refractivity contribution in [3.63, 3.8) is 0 Å². The second kappa shape index (κ2) is 5.00. The molecule has 0 unspecified atom stereocenters. The number of carbonyl (C=O) groups is 1. The summed E-state index contributed by atoms with van der Waals surface area (Å²) in [5.74, 6) is 0. The average molecular weight is 193 g/mol. The predicted molar refractivity (Wildman–Crippen MR) is 39.1 cm³/mol. The molecule has 0 bridgehead atoms. The van der Waals surface area contributed by atoms with Gasteiger partial charge in [-0.05, 0) is 27.4 Å². The molecule has 0 spiro atoms. The molecule has 0 atom stereocenters. The van der Waals surface area contributed by atoms with Crippen LogP contribution in [0.5, 0.6) is 0 Å². The van der Waals surface area contributed by atoms with Gasteiger partial charge in [0.15, 0.2) is 0 Å². The van der Waals surface area contributed by atoms with Crippen LogP contribution in [-0.4, -0.2) is 6.79 Å². The Morgan fingerprint density at radius 2 is 2.25 bits per heavy atom. The lowest BCUT2D eigenvalue weighted by Gasteiger charge is -1.62. The molecule has 1 aromatic heterocycles. The highest BCUT2D eigenvalue weighted by Crippen LogP contribution is 2.11. The first-order chi connectivity index (χ1) is 3.89. The number of hydrogen-bond donors (Lipinski definition) is 0. The van der Waals surface area contributed by atoms with Crippen LogP contribution in [0.25, 0.3) is 0 Å². The molecule has 3 heteroatoms. The third-order valence-electron chi connectivity index (χ3n) is 0.486. The fourth-order valence-electron chi connectivity index (χ4n) is 0.248. The molecule has 1 heterocycles. The van der Waals surface area contributed by atoms with Gasteiger partial charge in [-0.2, -0.15) is 11.3 Å². The van der Waals surface area contributed by atoms with Gasteiger partial charge in [0.1, 0.15) is 6.79 Å². The summed E-state index contributed by atoms with van der Waals surface area (Å²) in [6, 6.07) is 2.02. The van der Waals surface area contributed by atoms with E-state index in [0.29, 0.717) is 0 Å². The Kier molecular flexibility index (Phi) is 4.90. The monoisotopic (exact) mass is 192 g/mol. The van der Waals surface area contributed by atoms with E-state index in [9.17, 15) is 0 Å². The van der Waals surface area contributed by atoms with E-state index in [1.165, 1.54) is 4.47 Å². The maximum atomic E-state index is 8.00. The van der Waals surface area contributed by atoms with Crippen LogP contribution in [-0.2, 0) is 4.79 Å². The number of rotatable bonds is 0. The molecule has 0 aliphatic rings. The second-order valence-corrected chi connectivity index (χ2v) is 2.64. The SMILES string of the molecule is Brc1ccsc1.C=O. The van der Waals surface area contributed by atoms with Gasteiger partial charge < -0.3 is 4.79 Å². The summed E-state index contributed by atoms with van der Waals surface area (Å²) < 4.78 is 1.17. The average Bonchev–Trinajstić information content (AvgIpc) is 2.24. The van der Waals surface area contributed by atoms with Crippen LogP contribution in [0.15, 0.2) is 21.3 Å². The van der Waals surface area contributed by atoms with Crippen LogP contribution in [0.4, 0.5) is 0 Å². The third-order valence-corrected chi connectivity index (χ3v) is 1.97. The zero-order chi connectivity index (χ0) is 6.41. The summed E-state index contributed by atoms with van der Waals surface area (Å²) in [6.45, 7) is 2.00. The van der Waals surface area contributed by atoms with E-state index in [-0.39, 0.29) is 0 Å². The van der Waals surface area contributed by atoms with Gasteiger partial charge in [-0.3, -0.25) is 0 Å². The molecular weight excluding hydrogens is 188 g/mol. The van der Waals surface area contributed by atoms with Crippen molar-refractivity contribution in [3.8, 4) is 0 Å². The largest absolute Gasteiger partial charge is 0.307 e. The number of thiophene rings is 1. The number of hydrogen-bond acceptors (Lipinski definition) is 2. The predicted octanol–water partition coefficient (Wildman–Crippen LogP) is 2.33. The van der Waals surface area contributed by atoms with Gasteiger partial charge in [0.25, 0.3) is 0 Å². The Morgan fingerprint density at radius 1 is 1.62 bits per heavy atom. The molecule has 0 fully saturated rings. The lowest BCUT2D eigenvalue weighted by molar-refractivity contribution is -0.0979. The van der Waals surface area contributed by atoms with Crippen molar-refractivity contribution in [2.24, 2.45) is 0 Å². The Balaban J connectivity index is 0.000000222. The smallest absolute Gasteiger partial charge is 0.106 e. The van der Waals surface area contributed by atoms with Gasteiger partial charge in [0, 0.05) is 9.85 Å². The second-order valence-electron chi connectivity index (χ2n) is 0.942. The Labute approximate surface area is 60.5 Å². The topological polar surface area (TPSA) is 17.1 Å². The highest BCUT2D eigenvalue weighted by molar-refractivity contribution is 9.10. The van der Waals surface area contributed by atoms with Crippen LogP contribution in [0.3, 0.4) is 0 Å². The first-order valence-corrected chi connectivity index (χ1v) is 3.60. The Morgan fingerprint density at radius 3 is 2.38 bits per heavy atom. The molecule has 0 aliphatic carbocycles. The van der Waals surface area contributed by atoms with Crippen molar-refractivity contribution in [1.82, 2.24) is 0 Å². The van der Waals surface area contributed by atoms with Gasteiger partial charge in [0.2, 0.25) is 0 Å². The van der Waals surface area contributed by atoms with Crippen LogP contribution >= 0.6 is 27.3 Å². The van der Waals surface area contributed by atoms with Crippen molar-refractivity contribution in [3.05, 3.63) is 21.3 Å². The van der Waals surface area contributed by atoms with E-state index < -0.39 is 0 Å². The quantitative estimate of drug-likeness (QED) is 0.617. The first-order valence-electron chi connectivity index (χ1n) is 1.86. The lowest BCUT2D eigenvalue weighted by Crippen LogP contribution is -1.34. The van der Waals surface area contributed by atoms with E-state index in [1.54, 1.807) is 11.3 Å². The minimum atomic E-state index is 1.17. The molecule has 0 saturated carbocycles. The highest BCUT2D eigenvalue weighted by atomic mass is 79.9. The first kappa shape index (κ1) is 7.85. The fraction of sp³-hybridized carbons (Fsp3) is 0. The minimum absolute atomic E-state index is 1.17. The van der Waals surface area contributed by atoms with E-state index in [4.69, 9.17) is 4.79 Å². The molecule has 0 saturated heterocycles. The molecule has 1 nitrogen and oxygen atoms in total. The molecule has 1 aromatic rings. The van der Waals surface area contributed by atoms with Crippen molar-refractivity contribution < 1.29 is 4.79 Å². The van der Waals surface area contributed by atoms with Crippen molar-refractivity contribution in [2.45, 2.75) is 0 Å². The van der Waals surface area contributed by atoms with Crippen LogP contribution in [0, 0.1) is 0 Å². The summed E-state index contributed by atoms with van der Waals surface area (Å²) in [6.07, 6.45) is 0. The number of halogens is 1. The maximum absolute atomic E-state index is 8.00. The van der Waals surface area contributed by atoms with Gasteiger partial charge >= 0.3 is 0 Å². The maximum Gasteiger partial charge on any atom is 0.106 e. The summed E-state index contributed by atoms with van der Waals surface area (Å²) in [7, 11) is 0. The highest BCUT2D eigenvalue weighted by Gasteiger charge is 1.77. The number of carbonyl (C=O) groups excluding carboxylic acids is 1. The van der Waals surface area contributed by atoms with E-state index in [0.717, 1.165) is 0 Å². The van der Waals surface area contributed by atoms with Crippen molar-refractivity contribution >= 4 is 34.1 Å². The summed E-state index contributed by atoms with van der Waals surface area (Å²) in [4.78, 5) is 8.00. The molecule has 8 heavy (non-hydrogen) atoms. The van der Waals surface area contributed by atoms with E-state index >= 15 is 0 Å². The summed E-state index contributed by atoms with van der Waals surface area (Å²) in [5, 5.41) is 4.07. The van der Waals surface area contributed by atoms with E-state index in [2.05, 4.69) is 15.9 Å². The van der Waals surface area contributed by atoms with Crippen LogP contribution < -0.4 is 0 Å². The molecule has 0 amide bonds. The Bertz CT molecular complexity index is 127. The zero-order valence-corrected chi connectivity index (χ0v) is 6.54. The van der Waals surface area contributed by atoms with Gasteiger partial charge in [-0.15, -0.1) is 0 Å². The molecule has 44 valence electrons. The molecule has 0 N–H and O–H groups in total. The molecular formula is C5H5BrOS. The van der Waals surface area contributed by atoms with Crippen molar-refractivity contribution in [1.29, 1.82) is 0 Å². The fourth-order valence-corrected chi connectivity index (χ4v) is 1.39. The Hall–Kier alpha value is -0.150. The summed E-state index contributed by atoms with van der Waals surface area (Å²) in [5.41, 5.74) is 0. The minimum Gasteiger partial charge on any atom is -0.307 e. The van der Waals surface area contributed by atoms with Gasteiger partial charge in [-0.25, -0.2) is 0 Å². The molecule has 0 radical (unpaired) electrons. The van der Waals surface area contributed by atoms with Gasteiger partial charge in [0.05, 0.1) is 0 Å². The van der Waals surface area contributed by atoms with Crippen LogP contribution in [0.1, 0.15) is 0 Å². The normalized spacial score (nSPS) is 7.12. The lowest BCUT2D eigenvalue weighted by atomic mass is 10.7. The molecule has 0 aliphatic heterocycles. The molecule has 1 rings (SSSR count). The third kappa shape index (κ3) is 2.93. The standard InChI is InChI=1S/C4H3BrS.CH2O/c5-4-1-2-6-3-4;1-2/h1-3H;1H2. The zero-order valence-electron chi connectivity index (χ0n) is 4.13. The van der Waals surface area contributed by atoms with E-state index in [1.807, 2.05) is 23.6 Å². The van der Waals surface area contributed by atoms with Crippen molar-refractivity contribution in [2.75, 3.05) is 0 Å².